The average molecular weight is 340 g/mol. The number of morpholine rings is 1. The van der Waals surface area contributed by atoms with Crippen molar-refractivity contribution >= 4 is 11.6 Å². The number of hydrogen-bond donors (Lipinski definition) is 2. The Labute approximate surface area is 148 Å². The number of para-hydroxylation sites is 2. The molecule has 25 heavy (non-hydrogen) atoms. The van der Waals surface area contributed by atoms with Gasteiger partial charge in [-0.1, -0.05) is 24.3 Å². The zero-order chi connectivity index (χ0) is 17.8. The number of carbonyl (C=O) groups is 1. The van der Waals surface area contributed by atoms with E-state index in [-0.39, 0.29) is 23.9 Å². The van der Waals surface area contributed by atoms with Crippen LogP contribution in [0.25, 0.3) is 0 Å². The molecule has 1 aliphatic heterocycles. The van der Waals surface area contributed by atoms with E-state index in [1.165, 1.54) is 5.56 Å². The Morgan fingerprint density at radius 2 is 1.76 bits per heavy atom. The van der Waals surface area contributed by atoms with E-state index < -0.39 is 0 Å². The highest BCUT2D eigenvalue weighted by molar-refractivity contribution is 6.04. The molecular weight excluding hydrogens is 316 g/mol. The Morgan fingerprint density at radius 3 is 2.40 bits per heavy atom. The predicted molar refractivity (Wildman–Crippen MR) is 97.8 cm³/mol. The molecule has 2 N–H and O–H groups in total. The lowest BCUT2D eigenvalue weighted by Gasteiger charge is -2.35. The fraction of sp³-hybridized carbons (Fsp3) is 0.350. The summed E-state index contributed by atoms with van der Waals surface area (Å²) in [6.07, 6.45) is 0.486. The number of carbonyl (C=O) groups excluding carboxylic acids is 1. The van der Waals surface area contributed by atoms with Crippen LogP contribution in [0.4, 0.5) is 5.69 Å². The number of rotatable bonds is 4. The monoisotopic (exact) mass is 340 g/mol. The standard InChI is InChI=1S/C20H24N2O3/c1-14-11-22(12-15(2)25-14)13-16-7-9-17(10-8-16)20(24)21-18-5-3-4-6-19(18)23/h3-10,14-15,23H,11-13H2,1-2H3,(H,21,24)/t14-,15+. The summed E-state index contributed by atoms with van der Waals surface area (Å²) in [4.78, 5) is 14.7. The quantitative estimate of drug-likeness (QED) is 0.839. The first kappa shape index (κ1) is 17.5. The summed E-state index contributed by atoms with van der Waals surface area (Å²) in [5, 5.41) is 12.5. The van der Waals surface area contributed by atoms with Crippen molar-refractivity contribution in [2.24, 2.45) is 0 Å². The number of benzene rings is 2. The first-order chi connectivity index (χ1) is 12.0. The molecule has 3 rings (SSSR count). The van der Waals surface area contributed by atoms with E-state index in [2.05, 4.69) is 24.1 Å². The van der Waals surface area contributed by atoms with Gasteiger partial charge in [0.05, 0.1) is 17.9 Å². The lowest BCUT2D eigenvalue weighted by molar-refractivity contribution is -0.0704. The molecular formula is C20H24N2O3. The second-order valence-electron chi connectivity index (χ2n) is 6.62. The largest absolute Gasteiger partial charge is 0.506 e. The Hall–Kier alpha value is -2.37. The first-order valence-electron chi connectivity index (χ1n) is 8.57. The Balaban J connectivity index is 1.62. The molecule has 1 amide bonds. The molecule has 2 atom stereocenters. The fourth-order valence-electron chi connectivity index (χ4n) is 3.21. The average Bonchev–Trinajstić information content (AvgIpc) is 2.56. The minimum absolute atomic E-state index is 0.0584. The molecule has 0 aliphatic carbocycles. The van der Waals surface area contributed by atoms with Crippen molar-refractivity contribution in [3.8, 4) is 5.75 Å². The normalized spacial score (nSPS) is 21.0. The molecule has 0 aromatic heterocycles. The highest BCUT2D eigenvalue weighted by Crippen LogP contribution is 2.22. The van der Waals surface area contributed by atoms with Gasteiger partial charge in [-0.3, -0.25) is 9.69 Å². The molecule has 0 radical (unpaired) electrons. The molecule has 1 heterocycles. The summed E-state index contributed by atoms with van der Waals surface area (Å²) >= 11 is 0. The summed E-state index contributed by atoms with van der Waals surface area (Å²) in [5.74, 6) is -0.176. The van der Waals surface area contributed by atoms with Crippen molar-refractivity contribution in [3.63, 3.8) is 0 Å². The lowest BCUT2D eigenvalue weighted by Crippen LogP contribution is -2.44. The number of nitrogens with one attached hydrogen (secondary N) is 1. The van der Waals surface area contributed by atoms with Gasteiger partial charge in [0.1, 0.15) is 5.75 Å². The topological polar surface area (TPSA) is 61.8 Å². The number of aromatic hydroxyl groups is 1. The fourth-order valence-corrected chi connectivity index (χ4v) is 3.21. The van der Waals surface area contributed by atoms with Gasteiger partial charge in [0.25, 0.3) is 5.91 Å². The molecule has 2 aromatic rings. The van der Waals surface area contributed by atoms with Crippen molar-refractivity contribution in [3.05, 3.63) is 59.7 Å². The number of ether oxygens (including phenoxy) is 1. The number of anilines is 1. The first-order valence-corrected chi connectivity index (χ1v) is 8.57. The van der Waals surface area contributed by atoms with E-state index in [1.54, 1.807) is 24.3 Å². The Morgan fingerprint density at radius 1 is 1.12 bits per heavy atom. The summed E-state index contributed by atoms with van der Waals surface area (Å²) in [7, 11) is 0. The molecule has 0 spiro atoms. The van der Waals surface area contributed by atoms with Crippen LogP contribution in [0.2, 0.25) is 0 Å². The predicted octanol–water partition coefficient (Wildman–Crippen LogP) is 3.25. The van der Waals surface area contributed by atoms with Gasteiger partial charge in [0.15, 0.2) is 0 Å². The third-order valence-electron chi connectivity index (χ3n) is 4.27. The Kier molecular flexibility index (Phi) is 5.36. The number of nitrogens with zero attached hydrogens (tertiary/aromatic N) is 1. The van der Waals surface area contributed by atoms with E-state index in [0.29, 0.717) is 11.3 Å². The van der Waals surface area contributed by atoms with Crippen molar-refractivity contribution < 1.29 is 14.6 Å². The minimum atomic E-state index is -0.235. The van der Waals surface area contributed by atoms with Crippen molar-refractivity contribution in [1.29, 1.82) is 0 Å². The maximum absolute atomic E-state index is 12.3. The van der Waals surface area contributed by atoms with Gasteiger partial charge < -0.3 is 15.2 Å². The number of hydrogen-bond acceptors (Lipinski definition) is 4. The van der Waals surface area contributed by atoms with Crippen LogP contribution in [-0.2, 0) is 11.3 Å². The van der Waals surface area contributed by atoms with E-state index in [9.17, 15) is 9.90 Å². The number of phenols is 1. The van der Waals surface area contributed by atoms with Gasteiger partial charge in [0.2, 0.25) is 0 Å². The van der Waals surface area contributed by atoms with Crippen molar-refractivity contribution in [1.82, 2.24) is 4.90 Å². The molecule has 1 aliphatic rings. The smallest absolute Gasteiger partial charge is 0.255 e. The van der Waals surface area contributed by atoms with E-state index in [4.69, 9.17) is 4.74 Å². The van der Waals surface area contributed by atoms with Gasteiger partial charge in [-0.25, -0.2) is 0 Å². The third-order valence-corrected chi connectivity index (χ3v) is 4.27. The molecule has 5 heteroatoms. The summed E-state index contributed by atoms with van der Waals surface area (Å²) in [5.41, 5.74) is 2.14. The van der Waals surface area contributed by atoms with Crippen LogP contribution in [0.1, 0.15) is 29.8 Å². The lowest BCUT2D eigenvalue weighted by atomic mass is 10.1. The van der Waals surface area contributed by atoms with Crippen molar-refractivity contribution in [2.75, 3.05) is 18.4 Å². The zero-order valence-corrected chi connectivity index (χ0v) is 14.6. The molecule has 132 valence electrons. The number of amides is 1. The van der Waals surface area contributed by atoms with Crippen LogP contribution < -0.4 is 5.32 Å². The summed E-state index contributed by atoms with van der Waals surface area (Å²) in [6, 6.07) is 14.3. The second-order valence-corrected chi connectivity index (χ2v) is 6.62. The van der Waals surface area contributed by atoms with Gasteiger partial charge in [-0.15, -0.1) is 0 Å². The van der Waals surface area contributed by atoms with Gasteiger partial charge in [0, 0.05) is 25.2 Å². The maximum Gasteiger partial charge on any atom is 0.255 e. The van der Waals surface area contributed by atoms with Crippen LogP contribution >= 0.6 is 0 Å². The second kappa shape index (κ2) is 7.68. The molecule has 2 aromatic carbocycles. The van der Waals surface area contributed by atoms with Crippen LogP contribution in [0, 0.1) is 0 Å². The van der Waals surface area contributed by atoms with Gasteiger partial charge in [-0.2, -0.15) is 0 Å². The highest BCUT2D eigenvalue weighted by Gasteiger charge is 2.22. The third kappa shape index (κ3) is 4.59. The van der Waals surface area contributed by atoms with Crippen LogP contribution in [0.5, 0.6) is 5.75 Å². The molecule has 0 unspecified atom stereocenters. The van der Waals surface area contributed by atoms with E-state index >= 15 is 0 Å². The summed E-state index contributed by atoms with van der Waals surface area (Å²) in [6.45, 7) is 6.86. The van der Waals surface area contributed by atoms with Crippen molar-refractivity contribution in [2.45, 2.75) is 32.6 Å². The zero-order valence-electron chi connectivity index (χ0n) is 14.6. The van der Waals surface area contributed by atoms with Crippen LogP contribution in [0.15, 0.2) is 48.5 Å². The molecule has 0 saturated carbocycles. The molecule has 1 saturated heterocycles. The minimum Gasteiger partial charge on any atom is -0.506 e. The molecule has 5 nitrogen and oxygen atoms in total. The number of phenolic OH excluding ortho intramolecular Hbond substituents is 1. The van der Waals surface area contributed by atoms with E-state index in [0.717, 1.165) is 19.6 Å². The Bertz CT molecular complexity index is 720. The van der Waals surface area contributed by atoms with E-state index in [1.807, 2.05) is 24.3 Å². The van der Waals surface area contributed by atoms with Crippen LogP contribution in [-0.4, -0.2) is 41.2 Å². The highest BCUT2D eigenvalue weighted by atomic mass is 16.5. The molecule has 0 bridgehead atoms. The maximum atomic E-state index is 12.3. The van der Waals surface area contributed by atoms with Gasteiger partial charge in [-0.05, 0) is 43.7 Å². The van der Waals surface area contributed by atoms with Crippen LogP contribution in [0.3, 0.4) is 0 Å². The summed E-state index contributed by atoms with van der Waals surface area (Å²) < 4.78 is 5.76. The molecule has 1 fully saturated rings. The SMILES string of the molecule is C[C@@H]1CN(Cc2ccc(C(=O)Nc3ccccc3O)cc2)C[C@H](C)O1. The van der Waals surface area contributed by atoms with Gasteiger partial charge >= 0.3 is 0 Å².